The monoisotopic (exact) mass is 375 g/mol. The van der Waals surface area contributed by atoms with Crippen molar-refractivity contribution < 1.29 is 40.2 Å². The van der Waals surface area contributed by atoms with Crippen LogP contribution in [0.3, 0.4) is 0 Å². The van der Waals surface area contributed by atoms with E-state index < -0.39 is 69.6 Å². The van der Waals surface area contributed by atoms with E-state index in [-0.39, 0.29) is 5.56 Å². The van der Waals surface area contributed by atoms with Gasteiger partial charge in [0.05, 0.1) is 39.3 Å². The van der Waals surface area contributed by atoms with E-state index in [2.05, 4.69) is 0 Å². The molecule has 0 saturated carbocycles. The Kier molecular flexibility index (Phi) is 5.70. The smallest absolute Gasteiger partial charge is 0.284 e. The zero-order chi connectivity index (χ0) is 19.8. The minimum Gasteiger partial charge on any atom is -0.394 e. The van der Waals surface area contributed by atoms with Crippen molar-refractivity contribution in [3.05, 3.63) is 37.4 Å². The number of benzene rings is 1. The number of rotatable bonds is 5. The largest absolute Gasteiger partial charge is 0.394 e. The molecular formula is C13H17N3O10. The van der Waals surface area contributed by atoms with Gasteiger partial charge < -0.3 is 25.2 Å². The molecule has 5 atom stereocenters. The highest BCUT2D eigenvalue weighted by molar-refractivity contribution is 5.72. The van der Waals surface area contributed by atoms with E-state index in [1.807, 2.05) is 0 Å². The van der Waals surface area contributed by atoms with Crippen molar-refractivity contribution in [3.8, 4) is 0 Å². The highest BCUT2D eigenvalue weighted by Gasteiger charge is 2.47. The van der Waals surface area contributed by atoms with Gasteiger partial charge in [-0.1, -0.05) is 0 Å². The summed E-state index contributed by atoms with van der Waals surface area (Å²) in [5, 5.41) is 71.0. The molecule has 1 fully saturated rings. The van der Waals surface area contributed by atoms with Crippen LogP contribution in [-0.4, -0.2) is 66.5 Å². The Morgan fingerprint density at radius 2 is 1.69 bits per heavy atom. The Morgan fingerprint density at radius 1 is 1.12 bits per heavy atom. The minimum atomic E-state index is -1.88. The standard InChI is InChI=1S/C13H17N3O10/c1-4-5(15(22)23)2-6(16(24)25)8(9(4)14-21)13-12(20)11(19)10(18)7(3-17)26-13/h2,7,10-14,17-21H,3H2,1H3/t7-,10-,11+,12-,13?/m1/s1. The molecule has 144 valence electrons. The van der Waals surface area contributed by atoms with Gasteiger partial charge in [0, 0.05) is 0 Å². The lowest BCUT2D eigenvalue weighted by atomic mass is 9.88. The summed E-state index contributed by atoms with van der Waals surface area (Å²) in [6, 6.07) is 0.632. The molecule has 0 amide bonds. The molecule has 0 radical (unpaired) electrons. The van der Waals surface area contributed by atoms with E-state index in [0.29, 0.717) is 6.07 Å². The average molecular weight is 375 g/mol. The van der Waals surface area contributed by atoms with Crippen LogP contribution in [0.2, 0.25) is 0 Å². The number of ether oxygens (including phenoxy) is 1. The first kappa shape index (κ1) is 19.9. The summed E-state index contributed by atoms with van der Waals surface area (Å²) >= 11 is 0. The average Bonchev–Trinajstić information content (AvgIpc) is 2.59. The van der Waals surface area contributed by atoms with Crippen LogP contribution in [0.25, 0.3) is 0 Å². The van der Waals surface area contributed by atoms with Crippen molar-refractivity contribution in [1.82, 2.24) is 0 Å². The van der Waals surface area contributed by atoms with Crippen LogP contribution in [0.4, 0.5) is 17.1 Å². The number of aliphatic hydroxyl groups is 4. The summed E-state index contributed by atoms with van der Waals surface area (Å²) in [5.74, 6) is 0. The maximum absolute atomic E-state index is 11.4. The van der Waals surface area contributed by atoms with E-state index in [1.54, 1.807) is 5.48 Å². The molecule has 1 saturated heterocycles. The predicted molar refractivity (Wildman–Crippen MR) is 82.6 cm³/mol. The van der Waals surface area contributed by atoms with Gasteiger partial charge in [0.2, 0.25) is 0 Å². The first-order valence-corrected chi connectivity index (χ1v) is 7.32. The van der Waals surface area contributed by atoms with Crippen LogP contribution in [-0.2, 0) is 4.74 Å². The molecule has 0 spiro atoms. The molecule has 6 N–H and O–H groups in total. The summed E-state index contributed by atoms with van der Waals surface area (Å²) in [5.41, 5.74) is -1.02. The summed E-state index contributed by atoms with van der Waals surface area (Å²) in [6.07, 6.45) is -8.43. The molecule has 2 rings (SSSR count). The first-order chi connectivity index (χ1) is 12.1. The molecule has 1 aliphatic heterocycles. The molecule has 26 heavy (non-hydrogen) atoms. The van der Waals surface area contributed by atoms with Crippen LogP contribution in [0.15, 0.2) is 6.07 Å². The molecule has 13 nitrogen and oxygen atoms in total. The third kappa shape index (κ3) is 3.18. The van der Waals surface area contributed by atoms with Crippen LogP contribution in [0.1, 0.15) is 17.2 Å². The second-order valence-corrected chi connectivity index (χ2v) is 5.70. The van der Waals surface area contributed by atoms with Gasteiger partial charge in [-0.2, -0.15) is 0 Å². The molecule has 1 heterocycles. The predicted octanol–water partition coefficient (Wildman–Crippen LogP) is -0.873. The van der Waals surface area contributed by atoms with Gasteiger partial charge >= 0.3 is 0 Å². The third-order valence-electron chi connectivity index (χ3n) is 4.26. The molecule has 1 aromatic rings. The quantitative estimate of drug-likeness (QED) is 0.275. The lowest BCUT2D eigenvalue weighted by molar-refractivity contribution is -0.395. The van der Waals surface area contributed by atoms with E-state index in [9.17, 15) is 45.9 Å². The molecule has 13 heteroatoms. The van der Waals surface area contributed by atoms with E-state index in [1.165, 1.54) is 6.92 Å². The number of nitro benzene ring substituents is 2. The fraction of sp³-hybridized carbons (Fsp3) is 0.538. The number of hydrogen-bond acceptors (Lipinski definition) is 11. The first-order valence-electron chi connectivity index (χ1n) is 7.32. The van der Waals surface area contributed by atoms with Crippen molar-refractivity contribution in [2.75, 3.05) is 12.1 Å². The van der Waals surface area contributed by atoms with Crippen LogP contribution in [0, 0.1) is 27.2 Å². The maximum Gasteiger partial charge on any atom is 0.284 e. The van der Waals surface area contributed by atoms with Crippen molar-refractivity contribution in [1.29, 1.82) is 0 Å². The van der Waals surface area contributed by atoms with E-state index in [0.717, 1.165) is 0 Å². The molecular weight excluding hydrogens is 358 g/mol. The maximum atomic E-state index is 11.4. The number of anilines is 1. The van der Waals surface area contributed by atoms with Gasteiger partial charge in [0.1, 0.15) is 30.5 Å². The zero-order valence-corrected chi connectivity index (χ0v) is 13.3. The zero-order valence-electron chi connectivity index (χ0n) is 13.3. The third-order valence-corrected chi connectivity index (χ3v) is 4.26. The summed E-state index contributed by atoms with van der Waals surface area (Å²) in [4.78, 5) is 20.6. The second kappa shape index (κ2) is 7.45. The number of nitrogens with zero attached hydrogens (tertiary/aromatic N) is 2. The van der Waals surface area contributed by atoms with Gasteiger partial charge in [-0.15, -0.1) is 0 Å². The lowest BCUT2D eigenvalue weighted by Crippen LogP contribution is -2.55. The van der Waals surface area contributed by atoms with Gasteiger partial charge in [-0.05, 0) is 6.92 Å². The fourth-order valence-corrected chi connectivity index (χ4v) is 2.89. The minimum absolute atomic E-state index is 0.185. The SMILES string of the molecule is Cc1c([N+](=O)[O-])cc([N+](=O)[O-])c(C2O[C@H](CO)[C@@H](O)[C@H](O)[C@H]2O)c1NO. The highest BCUT2D eigenvalue weighted by Crippen LogP contribution is 2.44. The fourth-order valence-electron chi connectivity index (χ4n) is 2.89. The topological polar surface area (TPSA) is 209 Å². The lowest BCUT2D eigenvalue weighted by Gasteiger charge is -2.40. The van der Waals surface area contributed by atoms with Gasteiger partial charge in [-0.3, -0.25) is 30.9 Å². The summed E-state index contributed by atoms with van der Waals surface area (Å²) in [6.45, 7) is 0.428. The molecule has 0 aromatic heterocycles. The van der Waals surface area contributed by atoms with Crippen molar-refractivity contribution in [3.63, 3.8) is 0 Å². The molecule has 1 unspecified atom stereocenters. The number of nitrogens with one attached hydrogen (secondary N) is 1. The van der Waals surface area contributed by atoms with Crippen LogP contribution in [0.5, 0.6) is 0 Å². The normalized spacial score (nSPS) is 28.6. The van der Waals surface area contributed by atoms with Gasteiger partial charge in [0.25, 0.3) is 11.4 Å². The number of hydrogen-bond donors (Lipinski definition) is 6. The van der Waals surface area contributed by atoms with Gasteiger partial charge in [0.15, 0.2) is 0 Å². The van der Waals surface area contributed by atoms with E-state index in [4.69, 9.17) is 4.74 Å². The summed E-state index contributed by atoms with van der Waals surface area (Å²) < 4.78 is 5.27. The van der Waals surface area contributed by atoms with E-state index >= 15 is 0 Å². The number of aliphatic hydroxyl groups excluding tert-OH is 4. The number of nitro groups is 2. The van der Waals surface area contributed by atoms with Gasteiger partial charge in [-0.25, -0.2) is 0 Å². The Balaban J connectivity index is 2.72. The molecule has 0 bridgehead atoms. The second-order valence-electron chi connectivity index (χ2n) is 5.70. The molecule has 0 aliphatic carbocycles. The Hall–Kier alpha value is -2.42. The Bertz CT molecular complexity index is 725. The molecule has 1 aromatic carbocycles. The van der Waals surface area contributed by atoms with Crippen LogP contribution < -0.4 is 5.48 Å². The Morgan fingerprint density at radius 3 is 2.15 bits per heavy atom. The Labute approximate surface area is 145 Å². The van der Waals surface area contributed by atoms with Crippen molar-refractivity contribution in [2.45, 2.75) is 37.4 Å². The van der Waals surface area contributed by atoms with Crippen LogP contribution >= 0.6 is 0 Å². The van der Waals surface area contributed by atoms with Crippen molar-refractivity contribution >= 4 is 17.1 Å². The van der Waals surface area contributed by atoms with Crippen molar-refractivity contribution in [2.24, 2.45) is 0 Å². The summed E-state index contributed by atoms with van der Waals surface area (Å²) in [7, 11) is 0. The highest BCUT2D eigenvalue weighted by atomic mass is 16.6. The molecule has 1 aliphatic rings.